The smallest absolute Gasteiger partial charge is 0.0701 e. The fraction of sp³-hybridized carbons (Fsp3) is 1.00. The number of hydrogen-bond acceptors (Lipinski definition) is 4. The van der Waals surface area contributed by atoms with Crippen molar-refractivity contribution in [3.63, 3.8) is 0 Å². The van der Waals surface area contributed by atoms with E-state index in [0.29, 0.717) is 13.2 Å². The van der Waals surface area contributed by atoms with Gasteiger partial charge in [0.1, 0.15) is 0 Å². The van der Waals surface area contributed by atoms with Crippen LogP contribution in [0.4, 0.5) is 0 Å². The van der Waals surface area contributed by atoms with Crippen LogP contribution in [0.3, 0.4) is 0 Å². The van der Waals surface area contributed by atoms with Gasteiger partial charge in [-0.2, -0.15) is 0 Å². The molecule has 2 N–H and O–H groups in total. The fourth-order valence-electron chi connectivity index (χ4n) is 1.54. The molecule has 0 aromatic heterocycles. The van der Waals surface area contributed by atoms with Gasteiger partial charge in [-0.1, -0.05) is 12.8 Å². The van der Waals surface area contributed by atoms with Gasteiger partial charge < -0.3 is 20.1 Å². The van der Waals surface area contributed by atoms with E-state index in [0.717, 1.165) is 32.8 Å². The maximum absolute atomic E-state index is 5.40. The highest BCUT2D eigenvalue weighted by molar-refractivity contribution is 4.50. The molecule has 0 saturated carbocycles. The first kappa shape index (κ1) is 16.8. The molecule has 4 heteroatoms. The average Bonchev–Trinajstić information content (AvgIpc) is 2.35. The Morgan fingerprint density at radius 1 is 0.765 bits per heavy atom. The zero-order valence-corrected chi connectivity index (χ0v) is 11.6. The molecule has 0 saturated heterocycles. The lowest BCUT2D eigenvalue weighted by Crippen LogP contribution is -2.21. The van der Waals surface area contributed by atoms with Crippen LogP contribution in [0.5, 0.6) is 0 Å². The minimum absolute atomic E-state index is 0.708. The third-order valence-corrected chi connectivity index (χ3v) is 2.53. The van der Waals surface area contributed by atoms with Crippen LogP contribution in [0.2, 0.25) is 0 Å². The zero-order chi connectivity index (χ0) is 12.6. The van der Waals surface area contributed by atoms with Gasteiger partial charge in [0.05, 0.1) is 19.8 Å². The van der Waals surface area contributed by atoms with Gasteiger partial charge >= 0.3 is 0 Å². The first-order valence-electron chi connectivity index (χ1n) is 6.92. The molecule has 0 rings (SSSR count). The predicted octanol–water partition coefficient (Wildman–Crippen LogP) is 1.41. The van der Waals surface area contributed by atoms with Crippen molar-refractivity contribution in [1.29, 1.82) is 0 Å². The van der Waals surface area contributed by atoms with E-state index < -0.39 is 0 Å². The van der Waals surface area contributed by atoms with Gasteiger partial charge in [0.25, 0.3) is 0 Å². The minimum atomic E-state index is 0.708. The third kappa shape index (κ3) is 15.8. The standard InChI is InChI=1S/C13H30N2O2/c1-3-16-12-13-17-11-10-15-9-7-5-4-6-8-14-2/h14-15H,3-13H2,1-2H3. The van der Waals surface area contributed by atoms with E-state index in [1.165, 1.54) is 25.7 Å². The lowest BCUT2D eigenvalue weighted by atomic mass is 10.2. The number of hydrogen-bond donors (Lipinski definition) is 2. The van der Waals surface area contributed by atoms with Gasteiger partial charge in [0, 0.05) is 13.2 Å². The lowest BCUT2D eigenvalue weighted by molar-refractivity contribution is 0.0540. The lowest BCUT2D eigenvalue weighted by Gasteiger charge is -2.06. The van der Waals surface area contributed by atoms with Gasteiger partial charge in [-0.3, -0.25) is 0 Å². The highest BCUT2D eigenvalue weighted by Crippen LogP contribution is 1.97. The van der Waals surface area contributed by atoms with Crippen LogP contribution in [0, 0.1) is 0 Å². The van der Waals surface area contributed by atoms with E-state index in [-0.39, 0.29) is 0 Å². The second-order valence-electron chi connectivity index (χ2n) is 4.08. The Labute approximate surface area is 106 Å². The SMILES string of the molecule is CCOCCOCCNCCCCCCNC. The van der Waals surface area contributed by atoms with Crippen LogP contribution in [0.1, 0.15) is 32.6 Å². The summed E-state index contributed by atoms with van der Waals surface area (Å²) in [6, 6.07) is 0. The summed E-state index contributed by atoms with van der Waals surface area (Å²) in [4.78, 5) is 0. The van der Waals surface area contributed by atoms with Gasteiger partial charge in [-0.15, -0.1) is 0 Å². The Hall–Kier alpha value is -0.160. The molecule has 17 heavy (non-hydrogen) atoms. The topological polar surface area (TPSA) is 42.5 Å². The Bertz CT molecular complexity index is 121. The van der Waals surface area contributed by atoms with Crippen LogP contribution in [-0.4, -0.2) is 53.1 Å². The highest BCUT2D eigenvalue weighted by Gasteiger charge is 1.91. The molecular weight excluding hydrogens is 216 g/mol. The van der Waals surface area contributed by atoms with Crippen molar-refractivity contribution in [3.05, 3.63) is 0 Å². The Morgan fingerprint density at radius 2 is 1.47 bits per heavy atom. The molecule has 0 unspecified atom stereocenters. The van der Waals surface area contributed by atoms with Gasteiger partial charge in [0.2, 0.25) is 0 Å². The average molecular weight is 246 g/mol. The summed E-state index contributed by atoms with van der Waals surface area (Å²) in [5.41, 5.74) is 0. The molecule has 104 valence electrons. The van der Waals surface area contributed by atoms with Crippen LogP contribution in [-0.2, 0) is 9.47 Å². The first-order chi connectivity index (χ1) is 8.41. The molecule has 4 nitrogen and oxygen atoms in total. The summed E-state index contributed by atoms with van der Waals surface area (Å²) in [6.45, 7) is 8.17. The number of nitrogens with one attached hydrogen (secondary N) is 2. The van der Waals surface area contributed by atoms with Crippen LogP contribution in [0.25, 0.3) is 0 Å². The summed E-state index contributed by atoms with van der Waals surface area (Å²) in [5, 5.41) is 6.55. The third-order valence-electron chi connectivity index (χ3n) is 2.53. The predicted molar refractivity (Wildman–Crippen MR) is 72.6 cm³/mol. The normalized spacial score (nSPS) is 10.9. The molecule has 0 spiro atoms. The largest absolute Gasteiger partial charge is 0.379 e. The van der Waals surface area contributed by atoms with E-state index in [1.807, 2.05) is 14.0 Å². The van der Waals surface area contributed by atoms with Crippen LogP contribution >= 0.6 is 0 Å². The molecule has 0 heterocycles. The van der Waals surface area contributed by atoms with E-state index in [9.17, 15) is 0 Å². The van der Waals surface area contributed by atoms with Crippen molar-refractivity contribution in [3.8, 4) is 0 Å². The summed E-state index contributed by atoms with van der Waals surface area (Å²) >= 11 is 0. The molecule has 0 aliphatic rings. The molecule has 0 radical (unpaired) electrons. The summed E-state index contributed by atoms with van der Waals surface area (Å²) in [6.07, 6.45) is 5.20. The maximum Gasteiger partial charge on any atom is 0.0701 e. The van der Waals surface area contributed by atoms with Gasteiger partial charge in [0.15, 0.2) is 0 Å². The Kier molecular flexibility index (Phi) is 15.7. The summed E-state index contributed by atoms with van der Waals surface area (Å²) < 4.78 is 10.6. The fourth-order valence-corrected chi connectivity index (χ4v) is 1.54. The molecule has 0 bridgehead atoms. The second-order valence-corrected chi connectivity index (χ2v) is 4.08. The van der Waals surface area contributed by atoms with E-state index >= 15 is 0 Å². The van der Waals surface area contributed by atoms with Crippen LogP contribution < -0.4 is 10.6 Å². The Balaban J connectivity index is 2.85. The van der Waals surface area contributed by atoms with E-state index in [1.54, 1.807) is 0 Å². The summed E-state index contributed by atoms with van der Waals surface area (Å²) in [7, 11) is 2.01. The molecule has 0 aliphatic heterocycles. The van der Waals surface area contributed by atoms with Crippen molar-refractivity contribution in [2.45, 2.75) is 32.6 Å². The van der Waals surface area contributed by atoms with E-state index in [4.69, 9.17) is 9.47 Å². The molecule has 0 atom stereocenters. The van der Waals surface area contributed by atoms with Crippen LogP contribution in [0.15, 0.2) is 0 Å². The quantitative estimate of drug-likeness (QED) is 0.455. The van der Waals surface area contributed by atoms with Crippen molar-refractivity contribution in [1.82, 2.24) is 10.6 Å². The van der Waals surface area contributed by atoms with Crippen molar-refractivity contribution >= 4 is 0 Å². The number of rotatable bonds is 14. The monoisotopic (exact) mass is 246 g/mol. The first-order valence-corrected chi connectivity index (χ1v) is 6.92. The molecule has 0 aromatic rings. The van der Waals surface area contributed by atoms with Crippen molar-refractivity contribution < 1.29 is 9.47 Å². The minimum Gasteiger partial charge on any atom is -0.379 e. The van der Waals surface area contributed by atoms with E-state index in [2.05, 4.69) is 10.6 Å². The molecule has 0 aromatic carbocycles. The number of unbranched alkanes of at least 4 members (excludes halogenated alkanes) is 3. The molecule has 0 aliphatic carbocycles. The summed E-state index contributed by atoms with van der Waals surface area (Å²) in [5.74, 6) is 0. The van der Waals surface area contributed by atoms with Gasteiger partial charge in [-0.25, -0.2) is 0 Å². The molecular formula is C13H30N2O2. The van der Waals surface area contributed by atoms with Crippen molar-refractivity contribution in [2.75, 3.05) is 53.1 Å². The second kappa shape index (κ2) is 15.8. The maximum atomic E-state index is 5.40. The number of ether oxygens (including phenoxy) is 2. The van der Waals surface area contributed by atoms with Crippen molar-refractivity contribution in [2.24, 2.45) is 0 Å². The molecule has 0 amide bonds. The van der Waals surface area contributed by atoms with Gasteiger partial charge in [-0.05, 0) is 39.9 Å². The molecule has 0 fully saturated rings. The Morgan fingerprint density at radius 3 is 2.18 bits per heavy atom. The zero-order valence-electron chi connectivity index (χ0n) is 11.6. The highest BCUT2D eigenvalue weighted by atomic mass is 16.5.